The molecule has 5 heteroatoms. The van der Waals surface area contributed by atoms with Crippen LogP contribution in [0.5, 0.6) is 0 Å². The summed E-state index contributed by atoms with van der Waals surface area (Å²) in [4.78, 5) is 18.3. The summed E-state index contributed by atoms with van der Waals surface area (Å²) in [5, 5.41) is 12.2. The predicted octanol–water partition coefficient (Wildman–Crippen LogP) is 0.445. The Morgan fingerprint density at radius 3 is 2.87 bits per heavy atom. The Hall–Kier alpha value is -1.36. The van der Waals surface area contributed by atoms with E-state index in [2.05, 4.69) is 15.3 Å². The molecule has 1 aliphatic rings. The van der Waals surface area contributed by atoms with Gasteiger partial charge in [-0.05, 0) is 12.8 Å². The molecule has 2 rings (SSSR count). The van der Waals surface area contributed by atoms with Gasteiger partial charge in [-0.15, -0.1) is 0 Å². The van der Waals surface area contributed by atoms with E-state index in [0.717, 1.165) is 25.7 Å². The van der Waals surface area contributed by atoms with Gasteiger partial charge in [0.15, 0.2) is 0 Å². The first-order chi connectivity index (χ1) is 7.26. The molecule has 0 bridgehead atoms. The molecule has 1 heterocycles. The molecule has 0 unspecified atom stereocenters. The number of hydrogen-bond acceptors (Lipinski definition) is 3. The van der Waals surface area contributed by atoms with Crippen molar-refractivity contribution < 1.29 is 9.90 Å². The SMILES string of the molecule is O=C(NC1(CO)CCCC1)c1cnc[nH]1. The van der Waals surface area contributed by atoms with E-state index in [1.807, 2.05) is 0 Å². The Kier molecular flexibility index (Phi) is 2.73. The third-order valence-electron chi connectivity index (χ3n) is 2.98. The van der Waals surface area contributed by atoms with Gasteiger partial charge in [0.05, 0.1) is 24.7 Å². The van der Waals surface area contributed by atoms with E-state index in [1.165, 1.54) is 12.5 Å². The third-order valence-corrected chi connectivity index (χ3v) is 2.98. The average Bonchev–Trinajstić information content (AvgIpc) is 2.88. The van der Waals surface area contributed by atoms with Crippen LogP contribution in [-0.4, -0.2) is 33.1 Å². The van der Waals surface area contributed by atoms with E-state index in [1.54, 1.807) is 0 Å². The van der Waals surface area contributed by atoms with E-state index in [9.17, 15) is 9.90 Å². The van der Waals surface area contributed by atoms with Crippen LogP contribution in [-0.2, 0) is 0 Å². The molecule has 1 aromatic rings. The van der Waals surface area contributed by atoms with Gasteiger partial charge in [-0.25, -0.2) is 4.98 Å². The van der Waals surface area contributed by atoms with Crippen LogP contribution in [0.4, 0.5) is 0 Å². The molecule has 1 aliphatic carbocycles. The van der Waals surface area contributed by atoms with E-state index in [0.29, 0.717) is 5.69 Å². The lowest BCUT2D eigenvalue weighted by Gasteiger charge is -2.27. The van der Waals surface area contributed by atoms with E-state index >= 15 is 0 Å². The molecule has 0 aromatic carbocycles. The van der Waals surface area contributed by atoms with Crippen molar-refractivity contribution in [3.63, 3.8) is 0 Å². The smallest absolute Gasteiger partial charge is 0.269 e. The molecule has 0 saturated heterocycles. The van der Waals surface area contributed by atoms with Crippen LogP contribution < -0.4 is 5.32 Å². The summed E-state index contributed by atoms with van der Waals surface area (Å²) in [6, 6.07) is 0. The molecule has 0 spiro atoms. The molecule has 1 fully saturated rings. The van der Waals surface area contributed by atoms with Crippen molar-refractivity contribution in [2.75, 3.05) is 6.61 Å². The largest absolute Gasteiger partial charge is 0.394 e. The number of aromatic nitrogens is 2. The Labute approximate surface area is 87.9 Å². The lowest BCUT2D eigenvalue weighted by atomic mass is 9.99. The first-order valence-corrected chi connectivity index (χ1v) is 5.17. The van der Waals surface area contributed by atoms with Gasteiger partial charge >= 0.3 is 0 Å². The summed E-state index contributed by atoms with van der Waals surface area (Å²) in [6.07, 6.45) is 6.77. The molecule has 15 heavy (non-hydrogen) atoms. The van der Waals surface area contributed by atoms with E-state index < -0.39 is 5.54 Å². The minimum Gasteiger partial charge on any atom is -0.394 e. The number of aromatic amines is 1. The monoisotopic (exact) mass is 209 g/mol. The highest BCUT2D eigenvalue weighted by Crippen LogP contribution is 2.29. The van der Waals surface area contributed by atoms with Crippen molar-refractivity contribution in [1.29, 1.82) is 0 Å². The summed E-state index contributed by atoms with van der Waals surface area (Å²) in [5.74, 6) is -0.191. The molecular weight excluding hydrogens is 194 g/mol. The van der Waals surface area contributed by atoms with Gasteiger partial charge in [0.1, 0.15) is 5.69 Å². The highest BCUT2D eigenvalue weighted by molar-refractivity contribution is 5.92. The molecule has 5 nitrogen and oxygen atoms in total. The minimum atomic E-state index is -0.414. The topological polar surface area (TPSA) is 78.0 Å². The third kappa shape index (κ3) is 2.02. The number of carbonyl (C=O) groups excluding carboxylic acids is 1. The number of H-pyrrole nitrogens is 1. The summed E-state index contributed by atoms with van der Waals surface area (Å²) in [7, 11) is 0. The fourth-order valence-electron chi connectivity index (χ4n) is 2.06. The number of aliphatic hydroxyl groups is 1. The van der Waals surface area contributed by atoms with Gasteiger partial charge in [-0.3, -0.25) is 4.79 Å². The number of aliphatic hydroxyl groups excluding tert-OH is 1. The van der Waals surface area contributed by atoms with Crippen molar-refractivity contribution in [2.24, 2.45) is 0 Å². The van der Waals surface area contributed by atoms with Gasteiger partial charge in [-0.1, -0.05) is 12.8 Å². The van der Waals surface area contributed by atoms with Crippen molar-refractivity contribution in [1.82, 2.24) is 15.3 Å². The number of amides is 1. The fourth-order valence-corrected chi connectivity index (χ4v) is 2.06. The Balaban J connectivity index is 2.04. The molecule has 1 amide bonds. The normalized spacial score (nSPS) is 19.0. The van der Waals surface area contributed by atoms with Crippen LogP contribution in [0, 0.1) is 0 Å². The van der Waals surface area contributed by atoms with Gasteiger partial charge in [0.25, 0.3) is 5.91 Å². The second kappa shape index (κ2) is 4.02. The van der Waals surface area contributed by atoms with Crippen LogP contribution in [0.3, 0.4) is 0 Å². The Morgan fingerprint density at radius 1 is 1.60 bits per heavy atom. The summed E-state index contributed by atoms with van der Waals surface area (Å²) in [6.45, 7) is 0.00682. The summed E-state index contributed by atoms with van der Waals surface area (Å²) >= 11 is 0. The second-order valence-corrected chi connectivity index (χ2v) is 4.06. The number of hydrogen-bond donors (Lipinski definition) is 3. The van der Waals surface area contributed by atoms with Gasteiger partial charge in [0.2, 0.25) is 0 Å². The second-order valence-electron chi connectivity index (χ2n) is 4.06. The highest BCUT2D eigenvalue weighted by Gasteiger charge is 2.34. The first-order valence-electron chi connectivity index (χ1n) is 5.17. The maximum atomic E-state index is 11.7. The van der Waals surface area contributed by atoms with Crippen molar-refractivity contribution >= 4 is 5.91 Å². The molecule has 0 aliphatic heterocycles. The number of carbonyl (C=O) groups is 1. The Morgan fingerprint density at radius 2 is 2.33 bits per heavy atom. The predicted molar refractivity (Wildman–Crippen MR) is 54.3 cm³/mol. The highest BCUT2D eigenvalue weighted by atomic mass is 16.3. The zero-order valence-corrected chi connectivity index (χ0v) is 8.49. The number of imidazole rings is 1. The van der Waals surface area contributed by atoms with Gasteiger partial charge in [-0.2, -0.15) is 0 Å². The van der Waals surface area contributed by atoms with Crippen LogP contribution in [0.2, 0.25) is 0 Å². The number of rotatable bonds is 3. The van der Waals surface area contributed by atoms with Crippen molar-refractivity contribution in [3.8, 4) is 0 Å². The standard InChI is InChI=1S/C10H15N3O2/c14-6-10(3-1-2-4-10)13-9(15)8-5-11-7-12-8/h5,7,14H,1-4,6H2,(H,11,12)(H,13,15). The van der Waals surface area contributed by atoms with Gasteiger partial charge in [0, 0.05) is 0 Å². The Bertz CT molecular complexity index is 328. The molecular formula is C10H15N3O2. The van der Waals surface area contributed by atoms with Crippen LogP contribution in [0.15, 0.2) is 12.5 Å². The van der Waals surface area contributed by atoms with Crippen LogP contribution in [0.1, 0.15) is 36.2 Å². The molecule has 1 saturated carbocycles. The summed E-state index contributed by atoms with van der Waals surface area (Å²) in [5.41, 5.74) is 0.0251. The quantitative estimate of drug-likeness (QED) is 0.676. The molecule has 1 aromatic heterocycles. The van der Waals surface area contributed by atoms with Crippen LogP contribution in [0.25, 0.3) is 0 Å². The van der Waals surface area contributed by atoms with Crippen molar-refractivity contribution in [2.45, 2.75) is 31.2 Å². The van der Waals surface area contributed by atoms with Gasteiger partial charge < -0.3 is 15.4 Å². The van der Waals surface area contributed by atoms with E-state index in [4.69, 9.17) is 0 Å². The maximum absolute atomic E-state index is 11.7. The molecule has 0 radical (unpaired) electrons. The fraction of sp³-hybridized carbons (Fsp3) is 0.600. The first kappa shape index (κ1) is 10.2. The van der Waals surface area contributed by atoms with Crippen LogP contribution >= 0.6 is 0 Å². The lowest BCUT2D eigenvalue weighted by molar-refractivity contribution is 0.0834. The molecule has 3 N–H and O–H groups in total. The average molecular weight is 209 g/mol. The molecule has 0 atom stereocenters. The zero-order chi connectivity index (χ0) is 10.7. The summed E-state index contributed by atoms with van der Waals surface area (Å²) < 4.78 is 0. The zero-order valence-electron chi connectivity index (χ0n) is 8.49. The lowest BCUT2D eigenvalue weighted by Crippen LogP contribution is -2.49. The van der Waals surface area contributed by atoms with E-state index in [-0.39, 0.29) is 12.5 Å². The number of nitrogens with zero attached hydrogens (tertiary/aromatic N) is 1. The number of nitrogens with one attached hydrogen (secondary N) is 2. The van der Waals surface area contributed by atoms with Crippen molar-refractivity contribution in [3.05, 3.63) is 18.2 Å². The molecule has 82 valence electrons. The minimum absolute atomic E-state index is 0.00682. The maximum Gasteiger partial charge on any atom is 0.269 e.